The molecule has 0 amide bonds. The summed E-state index contributed by atoms with van der Waals surface area (Å²) in [4.78, 5) is 12.0. The normalized spacial score (nSPS) is 22.8. The predicted octanol–water partition coefficient (Wildman–Crippen LogP) is 2.55. The number of hydrogen-bond acceptors (Lipinski definition) is 3. The number of aliphatic hydroxyl groups excluding tert-OH is 1. The van der Waals surface area contributed by atoms with Gasteiger partial charge in [0, 0.05) is 12.8 Å². The Bertz CT molecular complexity index is 318. The van der Waals surface area contributed by atoms with Gasteiger partial charge in [-0.05, 0) is 22.5 Å². The van der Waals surface area contributed by atoms with E-state index < -0.39 is 11.2 Å². The lowest BCUT2D eigenvalue weighted by Gasteiger charge is -2.29. The SMILES string of the molecule is CC(C)C[S+]([O-])C1=C(O)CC(C)(C)CC1=O. The molecule has 1 aliphatic carbocycles. The van der Waals surface area contributed by atoms with E-state index in [1.807, 2.05) is 27.7 Å². The van der Waals surface area contributed by atoms with Crippen molar-refractivity contribution in [2.24, 2.45) is 11.3 Å². The van der Waals surface area contributed by atoms with E-state index in [1.54, 1.807) is 0 Å². The molecule has 3 nitrogen and oxygen atoms in total. The molecule has 1 atom stereocenters. The standard InChI is InChI=1S/C12H20O3S/c1-8(2)7-16(15)11-9(13)5-12(3,4)6-10(11)14/h8,13H,5-7H2,1-4H3. The Labute approximate surface area is 100 Å². The first-order chi connectivity index (χ1) is 7.23. The molecule has 1 unspecified atom stereocenters. The molecule has 92 valence electrons. The van der Waals surface area contributed by atoms with Gasteiger partial charge in [-0.1, -0.05) is 27.7 Å². The number of carbonyl (C=O) groups is 1. The zero-order valence-electron chi connectivity index (χ0n) is 10.4. The van der Waals surface area contributed by atoms with Gasteiger partial charge in [0.1, 0.15) is 5.75 Å². The molecule has 1 rings (SSSR count). The average molecular weight is 244 g/mol. The van der Waals surface area contributed by atoms with E-state index in [9.17, 15) is 14.5 Å². The third-order valence-electron chi connectivity index (χ3n) is 2.51. The van der Waals surface area contributed by atoms with Crippen molar-refractivity contribution in [3.8, 4) is 0 Å². The number of rotatable bonds is 3. The lowest BCUT2D eigenvalue weighted by molar-refractivity contribution is -0.117. The fraction of sp³-hybridized carbons (Fsp3) is 0.750. The fourth-order valence-corrected chi connectivity index (χ4v) is 3.35. The van der Waals surface area contributed by atoms with Crippen LogP contribution in [-0.2, 0) is 16.0 Å². The second kappa shape index (κ2) is 4.80. The van der Waals surface area contributed by atoms with Crippen LogP contribution < -0.4 is 0 Å². The van der Waals surface area contributed by atoms with Gasteiger partial charge in [-0.2, -0.15) is 0 Å². The minimum atomic E-state index is -1.35. The minimum Gasteiger partial charge on any atom is -0.611 e. The number of carbonyl (C=O) groups excluding carboxylic acids is 1. The van der Waals surface area contributed by atoms with Crippen LogP contribution in [-0.4, -0.2) is 21.2 Å². The lowest BCUT2D eigenvalue weighted by atomic mass is 9.79. The molecule has 1 N–H and O–H groups in total. The van der Waals surface area contributed by atoms with E-state index in [0.717, 1.165) is 0 Å². The highest BCUT2D eigenvalue weighted by Gasteiger charge is 2.39. The molecule has 0 saturated carbocycles. The summed E-state index contributed by atoms with van der Waals surface area (Å²) >= 11 is -1.35. The van der Waals surface area contributed by atoms with Crippen molar-refractivity contribution in [3.63, 3.8) is 0 Å². The molecule has 0 aliphatic heterocycles. The van der Waals surface area contributed by atoms with Crippen molar-refractivity contribution < 1.29 is 14.5 Å². The highest BCUT2D eigenvalue weighted by atomic mass is 32.2. The molecule has 0 heterocycles. The van der Waals surface area contributed by atoms with Crippen molar-refractivity contribution in [2.75, 3.05) is 5.75 Å². The van der Waals surface area contributed by atoms with E-state index in [1.165, 1.54) is 0 Å². The van der Waals surface area contributed by atoms with Gasteiger partial charge in [-0.15, -0.1) is 0 Å². The molecule has 0 fully saturated rings. The Morgan fingerprint density at radius 2 is 2.00 bits per heavy atom. The summed E-state index contributed by atoms with van der Waals surface area (Å²) in [5, 5.41) is 9.82. The molecule has 0 aromatic heterocycles. The first kappa shape index (κ1) is 13.6. The maximum absolute atomic E-state index is 11.9. The molecule has 4 heteroatoms. The van der Waals surface area contributed by atoms with Gasteiger partial charge >= 0.3 is 0 Å². The zero-order valence-corrected chi connectivity index (χ0v) is 11.2. The number of allylic oxidation sites excluding steroid dienone is 2. The molecular formula is C12H20O3S. The molecule has 0 aromatic carbocycles. The van der Waals surface area contributed by atoms with Crippen LogP contribution in [0.4, 0.5) is 0 Å². The van der Waals surface area contributed by atoms with Crippen LogP contribution in [0.25, 0.3) is 0 Å². The highest BCUT2D eigenvalue weighted by Crippen LogP contribution is 2.37. The first-order valence-corrected chi connectivity index (χ1v) is 6.88. The maximum Gasteiger partial charge on any atom is 0.232 e. The number of hydrogen-bond donors (Lipinski definition) is 1. The molecule has 0 aromatic rings. The second-order valence-electron chi connectivity index (χ2n) is 5.62. The number of Topliss-reactive ketones (excluding diaryl/α,β-unsaturated/α-hetero) is 1. The lowest BCUT2D eigenvalue weighted by Crippen LogP contribution is -2.31. The Kier molecular flexibility index (Phi) is 4.07. The van der Waals surface area contributed by atoms with Gasteiger partial charge in [0.2, 0.25) is 10.7 Å². The summed E-state index contributed by atoms with van der Waals surface area (Å²) in [6.45, 7) is 7.77. The summed E-state index contributed by atoms with van der Waals surface area (Å²) < 4.78 is 11.9. The predicted molar refractivity (Wildman–Crippen MR) is 65.5 cm³/mol. The van der Waals surface area contributed by atoms with Gasteiger partial charge < -0.3 is 9.66 Å². The topological polar surface area (TPSA) is 60.4 Å². The van der Waals surface area contributed by atoms with Gasteiger partial charge in [0.25, 0.3) is 0 Å². The Hall–Kier alpha value is -0.480. The van der Waals surface area contributed by atoms with Crippen LogP contribution in [0.15, 0.2) is 10.7 Å². The van der Waals surface area contributed by atoms with Crippen LogP contribution in [0.1, 0.15) is 40.5 Å². The van der Waals surface area contributed by atoms with Gasteiger partial charge in [-0.25, -0.2) is 0 Å². The van der Waals surface area contributed by atoms with E-state index in [-0.39, 0.29) is 27.8 Å². The average Bonchev–Trinajstić information content (AvgIpc) is 1.96. The summed E-state index contributed by atoms with van der Waals surface area (Å²) in [6.07, 6.45) is 0.814. The van der Waals surface area contributed by atoms with E-state index >= 15 is 0 Å². The fourth-order valence-electron chi connectivity index (χ4n) is 1.92. The summed E-state index contributed by atoms with van der Waals surface area (Å²) in [6, 6.07) is 0. The summed E-state index contributed by atoms with van der Waals surface area (Å²) in [5.41, 5.74) is -0.216. The maximum atomic E-state index is 11.9. The largest absolute Gasteiger partial charge is 0.611 e. The molecule has 0 radical (unpaired) electrons. The Morgan fingerprint density at radius 1 is 1.44 bits per heavy atom. The third-order valence-corrected chi connectivity index (χ3v) is 4.40. The van der Waals surface area contributed by atoms with Crippen LogP contribution in [0.2, 0.25) is 0 Å². The second-order valence-corrected chi connectivity index (χ2v) is 7.06. The van der Waals surface area contributed by atoms with E-state index in [4.69, 9.17) is 0 Å². The van der Waals surface area contributed by atoms with Crippen molar-refractivity contribution in [3.05, 3.63) is 10.7 Å². The van der Waals surface area contributed by atoms with Crippen molar-refractivity contribution in [1.29, 1.82) is 0 Å². The van der Waals surface area contributed by atoms with Crippen LogP contribution in [0.3, 0.4) is 0 Å². The number of ketones is 1. The molecule has 0 bridgehead atoms. The third kappa shape index (κ3) is 3.25. The van der Waals surface area contributed by atoms with Crippen molar-refractivity contribution >= 4 is 17.0 Å². The van der Waals surface area contributed by atoms with Crippen molar-refractivity contribution in [1.82, 2.24) is 0 Å². The van der Waals surface area contributed by atoms with Crippen molar-refractivity contribution in [2.45, 2.75) is 40.5 Å². The number of aliphatic hydroxyl groups is 1. The van der Waals surface area contributed by atoms with E-state index in [2.05, 4.69) is 0 Å². The van der Waals surface area contributed by atoms with E-state index in [0.29, 0.717) is 18.6 Å². The Morgan fingerprint density at radius 3 is 2.44 bits per heavy atom. The smallest absolute Gasteiger partial charge is 0.232 e. The zero-order chi connectivity index (χ0) is 12.5. The van der Waals surface area contributed by atoms with Crippen LogP contribution in [0, 0.1) is 11.3 Å². The Balaban J connectivity index is 2.90. The summed E-state index contributed by atoms with van der Waals surface area (Å²) in [5.74, 6) is 0.558. The molecule has 16 heavy (non-hydrogen) atoms. The monoisotopic (exact) mass is 244 g/mol. The van der Waals surface area contributed by atoms with Gasteiger partial charge in [-0.3, -0.25) is 4.79 Å². The van der Waals surface area contributed by atoms with Crippen LogP contribution >= 0.6 is 0 Å². The van der Waals surface area contributed by atoms with Gasteiger partial charge in [0.15, 0.2) is 5.76 Å². The molecule has 1 aliphatic rings. The first-order valence-electron chi connectivity index (χ1n) is 5.56. The molecule has 0 saturated heterocycles. The van der Waals surface area contributed by atoms with Gasteiger partial charge in [0.05, 0.1) is 0 Å². The summed E-state index contributed by atoms with van der Waals surface area (Å²) in [7, 11) is 0. The molecule has 0 spiro atoms. The highest BCUT2D eigenvalue weighted by molar-refractivity contribution is 7.96. The van der Waals surface area contributed by atoms with Crippen LogP contribution in [0.5, 0.6) is 0 Å². The minimum absolute atomic E-state index is 0.0280. The molecular weight excluding hydrogens is 224 g/mol. The quantitative estimate of drug-likeness (QED) is 0.776.